The molecular formula is C10H14BrN3S. The van der Waals surface area contributed by atoms with Crippen LogP contribution in [-0.4, -0.2) is 34.1 Å². The molecule has 3 nitrogen and oxygen atoms in total. The monoisotopic (exact) mass is 287 g/mol. The van der Waals surface area contributed by atoms with Crippen LogP contribution >= 0.6 is 27.7 Å². The van der Waals surface area contributed by atoms with Crippen molar-refractivity contribution in [2.45, 2.75) is 18.6 Å². The van der Waals surface area contributed by atoms with Crippen LogP contribution in [0.4, 0.5) is 5.82 Å². The Hall–Kier alpha value is -0.290. The van der Waals surface area contributed by atoms with Gasteiger partial charge < -0.3 is 4.90 Å². The molecule has 0 saturated carbocycles. The fourth-order valence-electron chi connectivity index (χ4n) is 1.67. The summed E-state index contributed by atoms with van der Waals surface area (Å²) in [6.07, 6.45) is 2.84. The number of rotatable bonds is 2. The molecule has 1 aromatic rings. The van der Waals surface area contributed by atoms with Crippen LogP contribution in [0.1, 0.15) is 13.3 Å². The van der Waals surface area contributed by atoms with Crippen molar-refractivity contribution in [1.29, 1.82) is 0 Å². The predicted octanol–water partition coefficient (Wildman–Crippen LogP) is 2.57. The van der Waals surface area contributed by atoms with Gasteiger partial charge in [-0.25, -0.2) is 9.97 Å². The first-order chi connectivity index (χ1) is 7.29. The Bertz CT molecular complexity index is 334. The highest BCUT2D eigenvalue weighted by Gasteiger charge is 2.19. The third-order valence-corrected chi connectivity index (χ3v) is 4.34. The van der Waals surface area contributed by atoms with Gasteiger partial charge in [-0.1, -0.05) is 6.92 Å². The summed E-state index contributed by atoms with van der Waals surface area (Å²) in [5.74, 6) is 2.23. The molecule has 0 N–H and O–H groups in total. The number of hydrogen-bond acceptors (Lipinski definition) is 4. The van der Waals surface area contributed by atoms with Gasteiger partial charge in [-0.05, 0) is 22.4 Å². The van der Waals surface area contributed by atoms with Crippen molar-refractivity contribution in [1.82, 2.24) is 9.97 Å². The molecule has 0 aliphatic carbocycles. The van der Waals surface area contributed by atoms with Gasteiger partial charge in [0.15, 0.2) is 0 Å². The van der Waals surface area contributed by atoms with Crippen molar-refractivity contribution >= 4 is 33.5 Å². The van der Waals surface area contributed by atoms with E-state index in [9.17, 15) is 0 Å². The lowest BCUT2D eigenvalue weighted by Gasteiger charge is -2.32. The summed E-state index contributed by atoms with van der Waals surface area (Å²) in [5.41, 5.74) is 0. The third kappa shape index (κ3) is 2.84. The maximum Gasteiger partial charge on any atom is 0.133 e. The molecule has 1 fully saturated rings. The average molecular weight is 288 g/mol. The molecule has 1 unspecified atom stereocenters. The number of nitrogens with zero attached hydrogens (tertiary/aromatic N) is 3. The van der Waals surface area contributed by atoms with Gasteiger partial charge in [-0.15, -0.1) is 0 Å². The van der Waals surface area contributed by atoms with Gasteiger partial charge in [-0.3, -0.25) is 0 Å². The van der Waals surface area contributed by atoms with E-state index in [0.29, 0.717) is 0 Å². The van der Waals surface area contributed by atoms with E-state index in [4.69, 9.17) is 0 Å². The maximum atomic E-state index is 4.31. The second-order valence-corrected chi connectivity index (χ2v) is 5.77. The van der Waals surface area contributed by atoms with E-state index in [1.54, 1.807) is 6.33 Å². The van der Waals surface area contributed by atoms with Crippen LogP contribution in [0.5, 0.6) is 0 Å². The molecule has 1 saturated heterocycles. The predicted molar refractivity (Wildman–Crippen MR) is 68.5 cm³/mol. The molecule has 5 heteroatoms. The normalized spacial score (nSPS) is 21.7. The minimum atomic E-state index is 0.743. The Morgan fingerprint density at radius 2 is 2.47 bits per heavy atom. The van der Waals surface area contributed by atoms with Crippen LogP contribution in [0.3, 0.4) is 0 Å². The smallest absolute Gasteiger partial charge is 0.133 e. The molecule has 0 spiro atoms. The summed E-state index contributed by atoms with van der Waals surface area (Å²) in [4.78, 5) is 10.7. The third-order valence-electron chi connectivity index (χ3n) is 2.54. The minimum Gasteiger partial charge on any atom is -0.355 e. The average Bonchev–Trinajstić information content (AvgIpc) is 2.29. The second-order valence-electron chi connectivity index (χ2n) is 3.55. The van der Waals surface area contributed by atoms with Gasteiger partial charge >= 0.3 is 0 Å². The van der Waals surface area contributed by atoms with E-state index in [1.165, 1.54) is 12.2 Å². The van der Waals surface area contributed by atoms with E-state index < -0.39 is 0 Å². The first-order valence-corrected chi connectivity index (χ1v) is 6.98. The first-order valence-electron chi connectivity index (χ1n) is 5.13. The molecule has 2 rings (SSSR count). The molecule has 15 heavy (non-hydrogen) atoms. The van der Waals surface area contributed by atoms with Crippen LogP contribution in [0.15, 0.2) is 17.0 Å². The van der Waals surface area contributed by atoms with Crippen LogP contribution < -0.4 is 4.90 Å². The van der Waals surface area contributed by atoms with E-state index in [-0.39, 0.29) is 0 Å². The Morgan fingerprint density at radius 1 is 1.60 bits per heavy atom. The zero-order chi connectivity index (χ0) is 10.7. The van der Waals surface area contributed by atoms with Crippen LogP contribution in [0, 0.1) is 0 Å². The number of anilines is 1. The molecular weight excluding hydrogens is 274 g/mol. The zero-order valence-electron chi connectivity index (χ0n) is 8.69. The van der Waals surface area contributed by atoms with E-state index in [0.717, 1.165) is 28.8 Å². The fraction of sp³-hybridized carbons (Fsp3) is 0.600. The number of hydrogen-bond donors (Lipinski definition) is 0. The van der Waals surface area contributed by atoms with Gasteiger partial charge in [0.25, 0.3) is 0 Å². The van der Waals surface area contributed by atoms with Crippen molar-refractivity contribution in [3.8, 4) is 0 Å². The Balaban J connectivity index is 2.09. The highest BCUT2D eigenvalue weighted by molar-refractivity contribution is 9.10. The maximum absolute atomic E-state index is 4.31. The summed E-state index contributed by atoms with van der Waals surface area (Å²) in [7, 11) is 0. The molecule has 2 heterocycles. The molecule has 0 amide bonds. The van der Waals surface area contributed by atoms with E-state index >= 15 is 0 Å². The Morgan fingerprint density at radius 3 is 3.20 bits per heavy atom. The summed E-state index contributed by atoms with van der Waals surface area (Å²) in [5, 5.41) is 0.743. The minimum absolute atomic E-state index is 0.743. The number of halogens is 1. The summed E-state index contributed by atoms with van der Waals surface area (Å²) in [6, 6.07) is 1.99. The molecule has 1 aliphatic rings. The van der Waals surface area contributed by atoms with Gasteiger partial charge in [0.05, 0.1) is 0 Å². The van der Waals surface area contributed by atoms with Crippen molar-refractivity contribution in [2.24, 2.45) is 0 Å². The van der Waals surface area contributed by atoms with Crippen molar-refractivity contribution in [3.05, 3.63) is 17.0 Å². The van der Waals surface area contributed by atoms with E-state index in [1.807, 2.05) is 6.07 Å². The lowest BCUT2D eigenvalue weighted by Crippen LogP contribution is -2.38. The van der Waals surface area contributed by atoms with Crippen LogP contribution in [0.25, 0.3) is 0 Å². The topological polar surface area (TPSA) is 29.0 Å². The Kier molecular flexibility index (Phi) is 3.86. The molecule has 1 aromatic heterocycles. The number of thioether (sulfide) groups is 1. The molecule has 0 aromatic carbocycles. The second kappa shape index (κ2) is 5.16. The van der Waals surface area contributed by atoms with Crippen molar-refractivity contribution < 1.29 is 0 Å². The van der Waals surface area contributed by atoms with E-state index in [2.05, 4.69) is 49.5 Å². The molecule has 0 radical (unpaired) electrons. The standard InChI is InChI=1S/C10H14BrN3S/c1-2-8-6-14(3-4-15-8)10-5-9(11)12-7-13-10/h5,7-8H,2-4,6H2,1H3. The zero-order valence-corrected chi connectivity index (χ0v) is 11.1. The molecule has 0 bridgehead atoms. The molecule has 1 aliphatic heterocycles. The van der Waals surface area contributed by atoms with Crippen LogP contribution in [0.2, 0.25) is 0 Å². The van der Waals surface area contributed by atoms with Gasteiger partial charge in [0.2, 0.25) is 0 Å². The first kappa shape index (κ1) is 11.2. The summed E-state index contributed by atoms with van der Waals surface area (Å²) >= 11 is 5.45. The quantitative estimate of drug-likeness (QED) is 0.782. The van der Waals surface area contributed by atoms with Gasteiger partial charge in [0, 0.05) is 30.2 Å². The lowest BCUT2D eigenvalue weighted by atomic mass is 10.3. The van der Waals surface area contributed by atoms with Crippen molar-refractivity contribution in [2.75, 3.05) is 23.7 Å². The van der Waals surface area contributed by atoms with Gasteiger partial charge in [0.1, 0.15) is 16.7 Å². The Labute approximate surface area is 103 Å². The largest absolute Gasteiger partial charge is 0.355 e. The fourth-order valence-corrected chi connectivity index (χ4v) is 3.15. The van der Waals surface area contributed by atoms with Crippen molar-refractivity contribution in [3.63, 3.8) is 0 Å². The lowest BCUT2D eigenvalue weighted by molar-refractivity contribution is 0.718. The SMILES string of the molecule is CCC1CN(c2cc(Br)ncn2)CCS1. The molecule has 82 valence electrons. The molecule has 1 atom stereocenters. The van der Waals surface area contributed by atoms with Crippen LogP contribution in [-0.2, 0) is 0 Å². The highest BCUT2D eigenvalue weighted by Crippen LogP contribution is 2.25. The number of aromatic nitrogens is 2. The summed E-state index contributed by atoms with van der Waals surface area (Å²) < 4.78 is 0.860. The highest BCUT2D eigenvalue weighted by atomic mass is 79.9. The van der Waals surface area contributed by atoms with Gasteiger partial charge in [-0.2, -0.15) is 11.8 Å². The summed E-state index contributed by atoms with van der Waals surface area (Å²) in [6.45, 7) is 4.44.